The fourth-order valence-corrected chi connectivity index (χ4v) is 2.28. The van der Waals surface area contributed by atoms with Crippen LogP contribution in [-0.4, -0.2) is 31.4 Å². The predicted molar refractivity (Wildman–Crippen MR) is 99.0 cm³/mol. The van der Waals surface area contributed by atoms with Crippen LogP contribution in [0.3, 0.4) is 0 Å². The van der Waals surface area contributed by atoms with Gasteiger partial charge in [-0.1, -0.05) is 0 Å². The van der Waals surface area contributed by atoms with E-state index in [2.05, 4.69) is 10.5 Å². The molecule has 0 unspecified atom stereocenters. The van der Waals surface area contributed by atoms with E-state index in [1.807, 2.05) is 0 Å². The molecule has 3 rings (SSSR count). The Hall–Kier alpha value is -4.26. The van der Waals surface area contributed by atoms with E-state index >= 15 is 0 Å². The molecular weight excluding hydrogens is 366 g/mol. The van der Waals surface area contributed by atoms with Gasteiger partial charge in [-0.2, -0.15) is 10.4 Å². The first-order chi connectivity index (χ1) is 13.5. The second-order valence-corrected chi connectivity index (χ2v) is 5.42. The van der Waals surface area contributed by atoms with Crippen LogP contribution in [0, 0.1) is 16.7 Å². The van der Waals surface area contributed by atoms with Crippen LogP contribution >= 0.6 is 0 Å². The van der Waals surface area contributed by atoms with Gasteiger partial charge >= 0.3 is 5.97 Å². The molecule has 1 aliphatic heterocycles. The molecule has 0 radical (unpaired) electrons. The largest absolute Gasteiger partial charge is 0.465 e. The van der Waals surface area contributed by atoms with E-state index < -0.39 is 11.8 Å². The Balaban J connectivity index is 1.94. The number of ether oxygens (including phenoxy) is 4. The number of nitrogens with two attached hydrogens (primary N) is 1. The number of carbonyl (C=O) groups is 1. The maximum Gasteiger partial charge on any atom is 0.337 e. The molecule has 28 heavy (non-hydrogen) atoms. The number of hydrogen-bond donors (Lipinski definition) is 3. The number of carbonyl (C=O) groups excluding carboxylic acids is 1. The third-order valence-corrected chi connectivity index (χ3v) is 3.62. The van der Waals surface area contributed by atoms with Gasteiger partial charge in [-0.25, -0.2) is 4.79 Å². The summed E-state index contributed by atoms with van der Waals surface area (Å²) in [4.78, 5) is 11.8. The second-order valence-electron chi connectivity index (χ2n) is 5.42. The zero-order valence-electron chi connectivity index (χ0n) is 14.7. The summed E-state index contributed by atoms with van der Waals surface area (Å²) in [5, 5.41) is 20.1. The lowest BCUT2D eigenvalue weighted by atomic mass is 10.2. The standard InChI is InChI=1S/C18H15N5O5/c1-25-18(24)10-2-4-14(12(6-10)22-23-13(8-19)17(20)21)28-11-3-5-15-16(7-11)27-9-26-15/h2-7,22H,9H2,1H3,(H3,20,21)/b23-13+. The first-order valence-corrected chi connectivity index (χ1v) is 7.90. The Bertz CT molecular complexity index is 1010. The van der Waals surface area contributed by atoms with Crippen LogP contribution < -0.4 is 25.4 Å². The Labute approximate surface area is 159 Å². The monoisotopic (exact) mass is 381 g/mol. The average Bonchev–Trinajstić information content (AvgIpc) is 3.16. The van der Waals surface area contributed by atoms with Crippen molar-refractivity contribution in [1.82, 2.24) is 0 Å². The molecule has 0 aliphatic carbocycles. The van der Waals surface area contributed by atoms with Crippen LogP contribution in [0.1, 0.15) is 10.4 Å². The summed E-state index contributed by atoms with van der Waals surface area (Å²) in [7, 11) is 1.26. The van der Waals surface area contributed by atoms with Gasteiger partial charge in [0, 0.05) is 6.07 Å². The highest BCUT2D eigenvalue weighted by Crippen LogP contribution is 2.38. The third kappa shape index (κ3) is 3.94. The van der Waals surface area contributed by atoms with Crippen molar-refractivity contribution in [3.05, 3.63) is 42.0 Å². The number of benzene rings is 2. The van der Waals surface area contributed by atoms with Gasteiger partial charge in [-0.3, -0.25) is 10.8 Å². The molecule has 0 atom stereocenters. The van der Waals surface area contributed by atoms with Crippen molar-refractivity contribution in [1.29, 1.82) is 10.7 Å². The fourth-order valence-electron chi connectivity index (χ4n) is 2.28. The van der Waals surface area contributed by atoms with Crippen molar-refractivity contribution in [3.63, 3.8) is 0 Å². The summed E-state index contributed by atoms with van der Waals surface area (Å²) in [6.07, 6.45) is 0. The molecule has 2 aromatic rings. The van der Waals surface area contributed by atoms with Crippen LogP contribution in [0.25, 0.3) is 0 Å². The van der Waals surface area contributed by atoms with Gasteiger partial charge in [0.2, 0.25) is 12.5 Å². The van der Waals surface area contributed by atoms with Crippen LogP contribution in [0.2, 0.25) is 0 Å². The molecule has 0 spiro atoms. The van der Waals surface area contributed by atoms with Crippen LogP contribution in [0.5, 0.6) is 23.0 Å². The van der Waals surface area contributed by atoms with E-state index in [0.717, 1.165) is 0 Å². The lowest BCUT2D eigenvalue weighted by molar-refractivity contribution is 0.0601. The number of anilines is 1. The minimum Gasteiger partial charge on any atom is -0.465 e. The maximum absolute atomic E-state index is 11.8. The first-order valence-electron chi connectivity index (χ1n) is 7.90. The topological polar surface area (TPSA) is 152 Å². The number of methoxy groups -OCH3 is 1. The number of nitriles is 1. The lowest BCUT2D eigenvalue weighted by Crippen LogP contribution is -2.22. The average molecular weight is 381 g/mol. The summed E-state index contributed by atoms with van der Waals surface area (Å²) in [6, 6.07) is 11.2. The number of amidine groups is 1. The highest BCUT2D eigenvalue weighted by Gasteiger charge is 2.16. The van der Waals surface area contributed by atoms with Crippen LogP contribution in [0.4, 0.5) is 5.69 Å². The van der Waals surface area contributed by atoms with Crippen molar-refractivity contribution in [2.45, 2.75) is 0 Å². The van der Waals surface area contributed by atoms with Crippen LogP contribution in [0.15, 0.2) is 41.5 Å². The molecule has 0 fully saturated rings. The van der Waals surface area contributed by atoms with Gasteiger partial charge in [0.15, 0.2) is 23.1 Å². The lowest BCUT2D eigenvalue weighted by Gasteiger charge is -2.12. The van der Waals surface area contributed by atoms with Crippen molar-refractivity contribution in [2.75, 3.05) is 19.3 Å². The maximum atomic E-state index is 11.8. The van der Waals surface area contributed by atoms with Gasteiger partial charge in [-0.05, 0) is 30.3 Å². The van der Waals surface area contributed by atoms with Gasteiger partial charge in [0.05, 0.1) is 18.4 Å². The van der Waals surface area contributed by atoms with Crippen LogP contribution in [-0.2, 0) is 4.74 Å². The highest BCUT2D eigenvalue weighted by molar-refractivity contribution is 6.45. The minimum atomic E-state index is -0.561. The summed E-state index contributed by atoms with van der Waals surface area (Å²) in [6.45, 7) is 0.135. The fraction of sp³-hybridized carbons (Fsp3) is 0.111. The molecule has 142 valence electrons. The zero-order valence-corrected chi connectivity index (χ0v) is 14.7. The molecule has 1 heterocycles. The predicted octanol–water partition coefficient (Wildman–Crippen LogP) is 2.22. The molecule has 0 bridgehead atoms. The molecule has 0 saturated heterocycles. The number of nitrogens with one attached hydrogen (secondary N) is 2. The Morgan fingerprint density at radius 1 is 1.29 bits per heavy atom. The SMILES string of the molecule is COC(=O)c1ccc(Oc2ccc3c(c2)OCO3)c(N/N=C(\C#N)C(=N)N)c1. The van der Waals surface area contributed by atoms with Crippen molar-refractivity contribution in [2.24, 2.45) is 10.8 Å². The summed E-state index contributed by atoms with van der Waals surface area (Å²) in [5.74, 6) is 0.840. The zero-order chi connectivity index (χ0) is 20.1. The van der Waals surface area contributed by atoms with Gasteiger partial charge < -0.3 is 24.7 Å². The van der Waals surface area contributed by atoms with E-state index in [-0.39, 0.29) is 23.8 Å². The van der Waals surface area contributed by atoms with E-state index in [4.69, 9.17) is 35.4 Å². The minimum absolute atomic E-state index is 0.135. The highest BCUT2D eigenvalue weighted by atomic mass is 16.7. The van der Waals surface area contributed by atoms with Gasteiger partial charge in [0.25, 0.3) is 0 Å². The molecule has 1 aliphatic rings. The molecule has 0 aromatic heterocycles. The molecule has 10 nitrogen and oxygen atoms in total. The summed E-state index contributed by atoms with van der Waals surface area (Å²) < 4.78 is 21.1. The smallest absolute Gasteiger partial charge is 0.337 e. The quantitative estimate of drug-likeness (QED) is 0.298. The van der Waals surface area contributed by atoms with Crippen molar-refractivity contribution < 1.29 is 23.7 Å². The van der Waals surface area contributed by atoms with Crippen molar-refractivity contribution >= 4 is 23.2 Å². The number of hydrogen-bond acceptors (Lipinski definition) is 9. The summed E-state index contributed by atoms with van der Waals surface area (Å²) in [5.41, 5.74) is 8.05. The molecule has 4 N–H and O–H groups in total. The molecule has 0 amide bonds. The Morgan fingerprint density at radius 3 is 2.79 bits per heavy atom. The summed E-state index contributed by atoms with van der Waals surface area (Å²) >= 11 is 0. The Kier molecular flexibility index (Phi) is 5.27. The van der Waals surface area contributed by atoms with E-state index in [1.165, 1.54) is 25.3 Å². The Morgan fingerprint density at radius 2 is 2.07 bits per heavy atom. The molecular formula is C18H15N5O5. The van der Waals surface area contributed by atoms with Gasteiger partial charge in [0.1, 0.15) is 11.8 Å². The second kappa shape index (κ2) is 7.96. The van der Waals surface area contributed by atoms with Gasteiger partial charge in [-0.15, -0.1) is 0 Å². The molecule has 0 saturated carbocycles. The number of hydrazone groups is 1. The number of rotatable bonds is 6. The third-order valence-electron chi connectivity index (χ3n) is 3.62. The first kappa shape index (κ1) is 18.5. The normalized spacial score (nSPS) is 12.1. The molecule has 10 heteroatoms. The van der Waals surface area contributed by atoms with Crippen molar-refractivity contribution in [3.8, 4) is 29.1 Å². The molecule has 2 aromatic carbocycles. The van der Waals surface area contributed by atoms with E-state index in [1.54, 1.807) is 24.3 Å². The number of nitrogens with zero attached hydrogens (tertiary/aromatic N) is 2. The number of esters is 1. The van der Waals surface area contributed by atoms with E-state index in [9.17, 15) is 4.79 Å². The van der Waals surface area contributed by atoms with E-state index in [0.29, 0.717) is 23.0 Å². The number of fused-ring (bicyclic) bond motifs is 1.